The Hall–Kier alpha value is -1.81. The van der Waals surface area contributed by atoms with E-state index >= 15 is 0 Å². The summed E-state index contributed by atoms with van der Waals surface area (Å²) in [5.74, 6) is 0.791. The van der Waals surface area contributed by atoms with Crippen molar-refractivity contribution in [3.8, 4) is 5.75 Å². The van der Waals surface area contributed by atoms with Crippen LogP contribution in [0.3, 0.4) is 0 Å². The third kappa shape index (κ3) is 2.71. The van der Waals surface area contributed by atoms with Gasteiger partial charge >= 0.3 is 0 Å². The predicted octanol–water partition coefficient (Wildman–Crippen LogP) is 2.93. The summed E-state index contributed by atoms with van der Waals surface area (Å²) in [7, 11) is 3.33. The minimum Gasteiger partial charge on any atom is -0.494 e. The van der Waals surface area contributed by atoms with Crippen molar-refractivity contribution in [2.24, 2.45) is 0 Å². The smallest absolute Gasteiger partial charge is 0.165 e. The fourth-order valence-electron chi connectivity index (χ4n) is 1.91. The fraction of sp³-hybridized carbons (Fsp3) is 0.286. The zero-order chi connectivity index (χ0) is 13.0. The molecule has 18 heavy (non-hydrogen) atoms. The largest absolute Gasteiger partial charge is 0.494 e. The van der Waals surface area contributed by atoms with Crippen LogP contribution < -0.4 is 10.1 Å². The lowest BCUT2D eigenvalue weighted by Gasteiger charge is -2.16. The van der Waals surface area contributed by atoms with Gasteiger partial charge in [0.1, 0.15) is 5.76 Å². The van der Waals surface area contributed by atoms with Crippen LogP contribution in [0.4, 0.5) is 4.39 Å². The van der Waals surface area contributed by atoms with E-state index in [-0.39, 0.29) is 17.6 Å². The zero-order valence-electron chi connectivity index (χ0n) is 10.4. The van der Waals surface area contributed by atoms with Crippen molar-refractivity contribution >= 4 is 0 Å². The van der Waals surface area contributed by atoms with Crippen molar-refractivity contribution in [3.05, 3.63) is 53.7 Å². The first-order valence-electron chi connectivity index (χ1n) is 5.77. The Morgan fingerprint density at radius 2 is 2.22 bits per heavy atom. The lowest BCUT2D eigenvalue weighted by molar-refractivity contribution is 0.384. The van der Waals surface area contributed by atoms with Gasteiger partial charge in [0.05, 0.1) is 13.4 Å². The van der Waals surface area contributed by atoms with Gasteiger partial charge in [-0.25, -0.2) is 4.39 Å². The molecule has 4 heteroatoms. The maximum absolute atomic E-state index is 13.4. The Morgan fingerprint density at radius 1 is 1.39 bits per heavy atom. The summed E-state index contributed by atoms with van der Waals surface area (Å²) >= 11 is 0. The molecule has 0 aliphatic carbocycles. The summed E-state index contributed by atoms with van der Waals surface area (Å²) in [6.45, 7) is 0. The van der Waals surface area contributed by atoms with Crippen LogP contribution in [0.25, 0.3) is 0 Å². The van der Waals surface area contributed by atoms with Crippen molar-refractivity contribution in [2.75, 3.05) is 14.2 Å². The number of nitrogens with one attached hydrogen (secondary N) is 1. The number of benzene rings is 1. The maximum Gasteiger partial charge on any atom is 0.165 e. The molecule has 0 fully saturated rings. The van der Waals surface area contributed by atoms with E-state index in [0.29, 0.717) is 6.42 Å². The number of methoxy groups -OCH3 is 1. The molecule has 0 aliphatic heterocycles. The number of furan rings is 1. The lowest BCUT2D eigenvalue weighted by Crippen LogP contribution is -2.18. The maximum atomic E-state index is 13.4. The van der Waals surface area contributed by atoms with Gasteiger partial charge in [0, 0.05) is 12.5 Å². The standard InChI is InChI=1S/C14H16FNO2/c1-16-13(9-11-4-3-7-18-11)10-5-6-12(15)14(8-10)17-2/h3-8,13,16H,9H2,1-2H3. The van der Waals surface area contributed by atoms with E-state index in [2.05, 4.69) is 5.32 Å². The number of ether oxygens (including phenoxy) is 1. The van der Waals surface area contributed by atoms with Crippen LogP contribution in [-0.2, 0) is 6.42 Å². The molecule has 0 spiro atoms. The summed E-state index contributed by atoms with van der Waals surface area (Å²) in [6.07, 6.45) is 2.35. The van der Waals surface area contributed by atoms with Gasteiger partial charge in [0.15, 0.2) is 11.6 Å². The summed E-state index contributed by atoms with van der Waals surface area (Å²) in [5, 5.41) is 3.19. The Morgan fingerprint density at radius 3 is 2.83 bits per heavy atom. The average molecular weight is 249 g/mol. The van der Waals surface area contributed by atoms with Crippen molar-refractivity contribution in [3.63, 3.8) is 0 Å². The van der Waals surface area contributed by atoms with E-state index in [4.69, 9.17) is 9.15 Å². The highest BCUT2D eigenvalue weighted by molar-refractivity contribution is 5.32. The molecular formula is C14H16FNO2. The summed E-state index contributed by atoms with van der Waals surface area (Å²) in [5.41, 5.74) is 0.965. The molecule has 1 unspecified atom stereocenters. The molecule has 1 aromatic carbocycles. The predicted molar refractivity (Wildman–Crippen MR) is 67.2 cm³/mol. The molecule has 1 atom stereocenters. The summed E-state index contributed by atoms with van der Waals surface area (Å²) in [4.78, 5) is 0. The van der Waals surface area contributed by atoms with Crippen LogP contribution in [-0.4, -0.2) is 14.2 Å². The Balaban J connectivity index is 2.21. The lowest BCUT2D eigenvalue weighted by atomic mass is 10.0. The number of hydrogen-bond donors (Lipinski definition) is 1. The van der Waals surface area contributed by atoms with E-state index < -0.39 is 0 Å². The van der Waals surface area contributed by atoms with Gasteiger partial charge in [-0.15, -0.1) is 0 Å². The second kappa shape index (κ2) is 5.69. The number of rotatable bonds is 5. The van der Waals surface area contributed by atoms with Crippen LogP contribution in [0.5, 0.6) is 5.75 Å². The molecule has 3 nitrogen and oxygen atoms in total. The average Bonchev–Trinajstić information content (AvgIpc) is 2.89. The van der Waals surface area contributed by atoms with Crippen LogP contribution in [0.15, 0.2) is 41.0 Å². The van der Waals surface area contributed by atoms with Crippen LogP contribution >= 0.6 is 0 Å². The van der Waals surface area contributed by atoms with Gasteiger partial charge < -0.3 is 14.5 Å². The van der Waals surface area contributed by atoms with Gasteiger partial charge in [0.25, 0.3) is 0 Å². The molecule has 0 bridgehead atoms. The zero-order valence-corrected chi connectivity index (χ0v) is 10.4. The molecule has 0 saturated carbocycles. The second-order valence-electron chi connectivity index (χ2n) is 4.02. The highest BCUT2D eigenvalue weighted by Gasteiger charge is 2.14. The first-order chi connectivity index (χ1) is 8.74. The quantitative estimate of drug-likeness (QED) is 0.884. The van der Waals surface area contributed by atoms with E-state index in [9.17, 15) is 4.39 Å². The number of halogens is 1. The van der Waals surface area contributed by atoms with E-state index in [1.54, 1.807) is 18.4 Å². The van der Waals surface area contributed by atoms with Gasteiger partial charge in [0.2, 0.25) is 0 Å². The molecule has 96 valence electrons. The monoisotopic (exact) mass is 249 g/mol. The van der Waals surface area contributed by atoms with Gasteiger partial charge in [-0.2, -0.15) is 0 Å². The Kier molecular flexibility index (Phi) is 3.99. The van der Waals surface area contributed by atoms with E-state index in [0.717, 1.165) is 11.3 Å². The highest BCUT2D eigenvalue weighted by atomic mass is 19.1. The summed E-state index contributed by atoms with van der Waals surface area (Å²) in [6, 6.07) is 8.71. The van der Waals surface area contributed by atoms with Crippen LogP contribution in [0.1, 0.15) is 17.4 Å². The first kappa shape index (κ1) is 12.6. The third-order valence-corrected chi connectivity index (χ3v) is 2.91. The van der Waals surface area contributed by atoms with Crippen LogP contribution in [0, 0.1) is 5.82 Å². The van der Waals surface area contributed by atoms with Crippen LogP contribution in [0.2, 0.25) is 0 Å². The second-order valence-corrected chi connectivity index (χ2v) is 4.02. The molecule has 0 radical (unpaired) electrons. The van der Waals surface area contributed by atoms with E-state index in [1.807, 2.05) is 19.2 Å². The minimum atomic E-state index is -0.353. The Bertz CT molecular complexity index is 497. The first-order valence-corrected chi connectivity index (χ1v) is 5.77. The molecule has 2 aromatic rings. The topological polar surface area (TPSA) is 34.4 Å². The molecule has 0 saturated heterocycles. The molecule has 0 aliphatic rings. The molecule has 0 amide bonds. The van der Waals surface area contributed by atoms with Gasteiger partial charge in [-0.05, 0) is 36.9 Å². The van der Waals surface area contributed by atoms with E-state index in [1.165, 1.54) is 13.2 Å². The van der Waals surface area contributed by atoms with Crippen molar-refractivity contribution in [1.29, 1.82) is 0 Å². The molecular weight excluding hydrogens is 233 g/mol. The molecule has 1 heterocycles. The summed E-state index contributed by atoms with van der Waals surface area (Å²) < 4.78 is 23.7. The van der Waals surface area contributed by atoms with Crippen molar-refractivity contribution in [2.45, 2.75) is 12.5 Å². The highest BCUT2D eigenvalue weighted by Crippen LogP contribution is 2.24. The Labute approximate surface area is 106 Å². The van der Waals surface area contributed by atoms with Gasteiger partial charge in [-0.1, -0.05) is 6.07 Å². The molecule has 2 rings (SSSR count). The van der Waals surface area contributed by atoms with Crippen molar-refractivity contribution in [1.82, 2.24) is 5.32 Å². The number of hydrogen-bond acceptors (Lipinski definition) is 3. The van der Waals surface area contributed by atoms with Crippen molar-refractivity contribution < 1.29 is 13.5 Å². The van der Waals surface area contributed by atoms with Gasteiger partial charge in [-0.3, -0.25) is 0 Å². The molecule has 1 aromatic heterocycles. The SMILES string of the molecule is CNC(Cc1ccco1)c1ccc(F)c(OC)c1. The third-order valence-electron chi connectivity index (χ3n) is 2.91. The number of likely N-dealkylation sites (N-methyl/N-ethyl adjacent to an activating group) is 1. The molecule has 1 N–H and O–H groups in total. The minimum absolute atomic E-state index is 0.0608. The normalized spacial score (nSPS) is 12.4. The fourth-order valence-corrected chi connectivity index (χ4v) is 1.91.